The predicted octanol–water partition coefficient (Wildman–Crippen LogP) is 9.31. The fourth-order valence-electron chi connectivity index (χ4n) is 6.12. The van der Waals surface area contributed by atoms with Gasteiger partial charge in [-0.2, -0.15) is 0 Å². The van der Waals surface area contributed by atoms with E-state index in [0.717, 1.165) is 75.1 Å². The maximum atomic E-state index is 13.4. The summed E-state index contributed by atoms with van der Waals surface area (Å²) in [4.78, 5) is 11.4. The summed E-state index contributed by atoms with van der Waals surface area (Å²) in [6.07, 6.45) is 13.9. The van der Waals surface area contributed by atoms with Gasteiger partial charge in [0, 0.05) is 5.56 Å². The third kappa shape index (κ3) is 8.39. The third-order valence-corrected chi connectivity index (χ3v) is 8.50. The molecule has 0 amide bonds. The lowest BCUT2D eigenvalue weighted by Gasteiger charge is -2.34. The Bertz CT molecular complexity index is 1180. The average Bonchev–Trinajstić information content (AvgIpc) is 2.97. The van der Waals surface area contributed by atoms with Crippen molar-refractivity contribution in [3.63, 3.8) is 0 Å². The molecule has 39 heavy (non-hydrogen) atoms. The first-order chi connectivity index (χ1) is 19.1. The summed E-state index contributed by atoms with van der Waals surface area (Å²) in [6, 6.07) is 21.7. The van der Waals surface area contributed by atoms with Crippen molar-refractivity contribution in [3.8, 4) is 5.75 Å². The topological polar surface area (TPSA) is 26.3 Å². The number of unbranched alkanes of at least 4 members (excludes halogenated alkanes) is 1. The second kappa shape index (κ2) is 14.8. The van der Waals surface area contributed by atoms with E-state index in [1.165, 1.54) is 41.5 Å². The number of benzene rings is 3. The van der Waals surface area contributed by atoms with Crippen LogP contribution in [0.3, 0.4) is 0 Å². The van der Waals surface area contributed by atoms with Crippen LogP contribution in [0.15, 0.2) is 79.4 Å². The molecule has 3 unspecified atom stereocenters. The van der Waals surface area contributed by atoms with E-state index in [2.05, 4.69) is 49.9 Å². The van der Waals surface area contributed by atoms with E-state index < -0.39 is 0 Å². The molecule has 0 aliphatic heterocycles. The van der Waals surface area contributed by atoms with Crippen molar-refractivity contribution >= 4 is 6.29 Å². The number of rotatable bonds is 15. The molecule has 1 aliphatic rings. The van der Waals surface area contributed by atoms with Crippen LogP contribution in [0, 0.1) is 17.7 Å². The number of halogens is 1. The molecule has 3 aromatic carbocycles. The Morgan fingerprint density at radius 3 is 2.51 bits per heavy atom. The molecule has 3 heteroatoms. The Labute approximate surface area is 234 Å². The Balaban J connectivity index is 1.37. The monoisotopic (exact) mass is 526 g/mol. The normalized spacial score (nSPS) is 17.3. The van der Waals surface area contributed by atoms with E-state index in [1.807, 2.05) is 24.3 Å². The molecule has 0 N–H and O–H groups in total. The molecule has 0 radical (unpaired) electrons. The van der Waals surface area contributed by atoms with Crippen LogP contribution >= 0.6 is 0 Å². The summed E-state index contributed by atoms with van der Waals surface area (Å²) in [5.74, 6) is 2.42. The highest BCUT2D eigenvalue weighted by Gasteiger charge is 2.29. The molecule has 0 fully saturated rings. The van der Waals surface area contributed by atoms with Crippen molar-refractivity contribution in [1.82, 2.24) is 0 Å². The minimum Gasteiger partial charge on any atom is -0.494 e. The van der Waals surface area contributed by atoms with Crippen molar-refractivity contribution in [2.45, 2.75) is 77.0 Å². The summed E-state index contributed by atoms with van der Waals surface area (Å²) in [5, 5.41) is 0. The fraction of sp³-hybridized carbons (Fsp3) is 0.417. The Kier molecular flexibility index (Phi) is 10.9. The number of aldehydes is 1. The van der Waals surface area contributed by atoms with Gasteiger partial charge in [0.1, 0.15) is 17.9 Å². The van der Waals surface area contributed by atoms with Gasteiger partial charge in [-0.1, -0.05) is 62.2 Å². The van der Waals surface area contributed by atoms with Gasteiger partial charge in [0.05, 0.1) is 6.61 Å². The molecule has 0 saturated carbocycles. The highest BCUT2D eigenvalue weighted by Crippen LogP contribution is 2.41. The third-order valence-electron chi connectivity index (χ3n) is 8.50. The van der Waals surface area contributed by atoms with Gasteiger partial charge in [-0.25, -0.2) is 4.39 Å². The lowest BCUT2D eigenvalue weighted by Crippen LogP contribution is -2.23. The van der Waals surface area contributed by atoms with Crippen molar-refractivity contribution in [2.75, 3.05) is 6.61 Å². The van der Waals surface area contributed by atoms with Crippen LogP contribution in [0.25, 0.3) is 0 Å². The first-order valence-corrected chi connectivity index (χ1v) is 14.7. The number of hydrogen-bond acceptors (Lipinski definition) is 2. The molecule has 4 rings (SSSR count). The molecule has 0 bridgehead atoms. The van der Waals surface area contributed by atoms with Crippen molar-refractivity contribution in [2.24, 2.45) is 11.8 Å². The summed E-state index contributed by atoms with van der Waals surface area (Å²) < 4.78 is 19.4. The molecule has 0 saturated heterocycles. The van der Waals surface area contributed by atoms with Gasteiger partial charge in [0.25, 0.3) is 0 Å². The number of aryl methyl sites for hydroxylation is 2. The lowest BCUT2D eigenvalue weighted by molar-refractivity contribution is 0.112. The van der Waals surface area contributed by atoms with Crippen LogP contribution in [0.2, 0.25) is 0 Å². The second-order valence-corrected chi connectivity index (χ2v) is 11.1. The molecule has 0 heterocycles. The second-order valence-electron chi connectivity index (χ2n) is 11.1. The van der Waals surface area contributed by atoms with E-state index in [-0.39, 0.29) is 5.82 Å². The quantitative estimate of drug-likeness (QED) is 0.112. The number of hydrogen-bond donors (Lipinski definition) is 0. The number of ether oxygens (including phenoxy) is 1. The summed E-state index contributed by atoms with van der Waals surface area (Å²) in [5.41, 5.74) is 5.93. The van der Waals surface area contributed by atoms with E-state index in [0.29, 0.717) is 11.8 Å². The fourth-order valence-corrected chi connectivity index (χ4v) is 6.12. The molecule has 3 aromatic rings. The smallest absolute Gasteiger partial charge is 0.150 e. The van der Waals surface area contributed by atoms with Crippen LogP contribution in [0.5, 0.6) is 5.75 Å². The van der Waals surface area contributed by atoms with Gasteiger partial charge >= 0.3 is 0 Å². The Hall–Kier alpha value is -3.20. The van der Waals surface area contributed by atoms with E-state index >= 15 is 0 Å². The van der Waals surface area contributed by atoms with Gasteiger partial charge in [0.2, 0.25) is 0 Å². The minimum atomic E-state index is -0.185. The van der Waals surface area contributed by atoms with Crippen LogP contribution in [-0.4, -0.2) is 12.9 Å². The maximum Gasteiger partial charge on any atom is 0.150 e. The molecule has 0 aromatic heterocycles. The van der Waals surface area contributed by atoms with Crippen LogP contribution < -0.4 is 4.74 Å². The van der Waals surface area contributed by atoms with Crippen molar-refractivity contribution in [1.29, 1.82) is 0 Å². The Morgan fingerprint density at radius 1 is 1.03 bits per heavy atom. The number of allylic oxidation sites excluding steroid dienone is 1. The first kappa shape index (κ1) is 28.8. The Morgan fingerprint density at radius 2 is 1.79 bits per heavy atom. The first-order valence-electron chi connectivity index (χ1n) is 14.7. The zero-order valence-electron chi connectivity index (χ0n) is 23.4. The molecular formula is C36H43FO2. The highest BCUT2D eigenvalue weighted by molar-refractivity contribution is 5.75. The standard InChI is InChI=1S/C36H43FO2/c1-3-7-27(4-2)8-5-6-23-39-34-20-12-29(13-21-34)25-36-31(15-9-28-10-18-33(37)19-11-28)16-17-32-24-30(26-38)14-22-35(32)36/h3,10-14,18-22,24,26-27,31,36H,1,4-9,15-17,23,25H2,2H3. The molecule has 2 nitrogen and oxygen atoms in total. The molecular weight excluding hydrogens is 483 g/mol. The number of fused-ring (bicyclic) bond motifs is 1. The SMILES string of the molecule is C=CCC(CC)CCCCOc1ccc(CC2c3ccc(C=O)cc3CCC2CCc2ccc(F)cc2)cc1. The predicted molar refractivity (Wildman–Crippen MR) is 159 cm³/mol. The van der Waals surface area contributed by atoms with Crippen LogP contribution in [0.1, 0.15) is 90.4 Å². The molecule has 0 spiro atoms. The van der Waals surface area contributed by atoms with E-state index in [1.54, 1.807) is 12.1 Å². The lowest BCUT2D eigenvalue weighted by atomic mass is 9.70. The zero-order valence-corrected chi connectivity index (χ0v) is 23.4. The summed E-state index contributed by atoms with van der Waals surface area (Å²) in [6.45, 7) is 6.89. The van der Waals surface area contributed by atoms with Crippen LogP contribution in [-0.2, 0) is 19.3 Å². The largest absolute Gasteiger partial charge is 0.494 e. The van der Waals surface area contributed by atoms with Gasteiger partial charge < -0.3 is 4.74 Å². The average molecular weight is 527 g/mol. The number of carbonyl (C=O) groups is 1. The molecule has 3 atom stereocenters. The summed E-state index contributed by atoms with van der Waals surface area (Å²) in [7, 11) is 0. The van der Waals surface area contributed by atoms with Crippen molar-refractivity contribution < 1.29 is 13.9 Å². The number of carbonyl (C=O) groups excluding carboxylic acids is 1. The van der Waals surface area contributed by atoms with Gasteiger partial charge in [-0.15, -0.1) is 6.58 Å². The van der Waals surface area contributed by atoms with Gasteiger partial charge in [-0.05, 0) is 122 Å². The van der Waals surface area contributed by atoms with Gasteiger partial charge in [-0.3, -0.25) is 4.79 Å². The minimum absolute atomic E-state index is 0.185. The van der Waals surface area contributed by atoms with E-state index in [4.69, 9.17) is 4.74 Å². The highest BCUT2D eigenvalue weighted by atomic mass is 19.1. The molecule has 206 valence electrons. The maximum absolute atomic E-state index is 13.4. The van der Waals surface area contributed by atoms with Crippen molar-refractivity contribution in [3.05, 3.63) is 113 Å². The summed E-state index contributed by atoms with van der Waals surface area (Å²) >= 11 is 0. The van der Waals surface area contributed by atoms with E-state index in [9.17, 15) is 9.18 Å². The molecule has 1 aliphatic carbocycles. The van der Waals surface area contributed by atoms with Crippen LogP contribution in [0.4, 0.5) is 4.39 Å². The zero-order chi connectivity index (χ0) is 27.5. The van der Waals surface area contributed by atoms with Gasteiger partial charge in [0.15, 0.2) is 0 Å².